The molecule has 5 aromatic carbocycles. The molecule has 8 aromatic rings. The zero-order valence-electron chi connectivity index (χ0n) is 25.7. The molecule has 0 saturated heterocycles. The molecule has 6 nitrogen and oxygen atoms in total. The molecule has 4 heterocycles. The van der Waals surface area contributed by atoms with E-state index in [2.05, 4.69) is 84.0 Å². The second kappa shape index (κ2) is 9.81. The smallest absolute Gasteiger partial charge is 0.141 e. The maximum atomic E-state index is 6.59. The Hall–Kier alpha value is -5.88. The molecule has 0 radical (unpaired) electrons. The van der Waals surface area contributed by atoms with Gasteiger partial charge in [-0.25, -0.2) is 9.97 Å². The van der Waals surface area contributed by atoms with Crippen LogP contribution < -0.4 is 9.64 Å². The molecule has 0 unspecified atom stereocenters. The number of hydrogen-bond donors (Lipinski definition) is 0. The highest BCUT2D eigenvalue weighted by molar-refractivity contribution is 6.09. The lowest BCUT2D eigenvalue weighted by Gasteiger charge is -2.41. The van der Waals surface area contributed by atoms with Crippen molar-refractivity contribution in [3.8, 4) is 22.9 Å². The highest BCUT2D eigenvalue weighted by Crippen LogP contribution is 2.55. The van der Waals surface area contributed by atoms with E-state index < -0.39 is 0 Å². The number of furan rings is 1. The van der Waals surface area contributed by atoms with Gasteiger partial charge in [0, 0.05) is 46.6 Å². The summed E-state index contributed by atoms with van der Waals surface area (Å²) in [6.07, 6.45) is 1.83. The largest absolute Gasteiger partial charge is 0.457 e. The van der Waals surface area contributed by atoms with E-state index in [-0.39, 0.29) is 5.41 Å². The third-order valence-electron chi connectivity index (χ3n) is 9.27. The normalized spacial score (nSPS) is 13.7. The minimum atomic E-state index is -0.359. The van der Waals surface area contributed by atoms with Gasteiger partial charge in [0.1, 0.15) is 34.3 Å². The molecule has 6 heteroatoms. The second-order valence-electron chi connectivity index (χ2n) is 12.4. The summed E-state index contributed by atoms with van der Waals surface area (Å²) in [5.74, 6) is 3.21. The number of anilines is 3. The fraction of sp³-hybridized carbons (Fsp3) is 0.100. The molecule has 9 rings (SSSR count). The maximum Gasteiger partial charge on any atom is 0.141 e. The third-order valence-corrected chi connectivity index (χ3v) is 9.27. The monoisotopic (exact) mass is 598 g/mol. The molecule has 0 amide bonds. The van der Waals surface area contributed by atoms with Gasteiger partial charge < -0.3 is 13.7 Å². The number of ether oxygens (including phenoxy) is 1. The van der Waals surface area contributed by atoms with Crippen molar-refractivity contribution in [2.45, 2.75) is 19.3 Å². The third kappa shape index (κ3) is 3.90. The van der Waals surface area contributed by atoms with Crippen LogP contribution >= 0.6 is 0 Å². The number of fused-ring (bicyclic) bond motifs is 7. The van der Waals surface area contributed by atoms with Gasteiger partial charge in [0.2, 0.25) is 0 Å². The van der Waals surface area contributed by atoms with Crippen LogP contribution in [-0.4, -0.2) is 14.5 Å². The van der Waals surface area contributed by atoms with Gasteiger partial charge in [-0.1, -0.05) is 68.4 Å². The van der Waals surface area contributed by atoms with Gasteiger partial charge in [0.25, 0.3) is 0 Å². The van der Waals surface area contributed by atoms with Crippen LogP contribution in [0, 0.1) is 0 Å². The number of aromatic nitrogens is 3. The Morgan fingerprint density at radius 2 is 1.54 bits per heavy atom. The van der Waals surface area contributed by atoms with E-state index in [9.17, 15) is 0 Å². The van der Waals surface area contributed by atoms with Crippen LogP contribution in [-0.2, 0) is 12.5 Å². The molecule has 3 aromatic heterocycles. The lowest BCUT2D eigenvalue weighted by atomic mass is 9.73. The van der Waals surface area contributed by atoms with Crippen molar-refractivity contribution in [1.29, 1.82) is 0 Å². The topological polar surface area (TPSA) is 56.3 Å². The molecule has 0 fully saturated rings. The zero-order chi connectivity index (χ0) is 31.0. The summed E-state index contributed by atoms with van der Waals surface area (Å²) >= 11 is 0. The first-order chi connectivity index (χ1) is 22.5. The minimum Gasteiger partial charge on any atom is -0.457 e. The van der Waals surface area contributed by atoms with Crippen LogP contribution in [0.2, 0.25) is 0 Å². The molecule has 0 aliphatic carbocycles. The van der Waals surface area contributed by atoms with Gasteiger partial charge in [0.15, 0.2) is 0 Å². The van der Waals surface area contributed by atoms with Crippen LogP contribution in [0.15, 0.2) is 132 Å². The molecule has 0 bridgehead atoms. The Morgan fingerprint density at radius 3 is 2.41 bits per heavy atom. The molecule has 0 spiro atoms. The fourth-order valence-corrected chi connectivity index (χ4v) is 7.09. The van der Waals surface area contributed by atoms with Crippen molar-refractivity contribution in [2.75, 3.05) is 4.90 Å². The van der Waals surface area contributed by atoms with Gasteiger partial charge in [-0.05, 0) is 66.2 Å². The molecule has 1 aliphatic heterocycles. The molecular formula is C40H30N4O2. The van der Waals surface area contributed by atoms with Gasteiger partial charge in [-0.2, -0.15) is 0 Å². The van der Waals surface area contributed by atoms with E-state index in [1.807, 2.05) is 73.9 Å². The predicted octanol–water partition coefficient (Wildman–Crippen LogP) is 10.4. The van der Waals surface area contributed by atoms with Crippen molar-refractivity contribution in [2.24, 2.45) is 7.05 Å². The first-order valence-corrected chi connectivity index (χ1v) is 15.5. The standard InChI is InChI=1S/C40H30N4O2/c1-40(2)30-20-18-27(45-26-12-10-11-25(23-26)39-42-31-14-5-6-15-32(31)43(39)3)24-34(30)44(36-17-8-9-22-41-36)33-21-19-29-28-13-4-7-16-35(28)46-38(29)37(33)40/h4-24H,1-3H3. The summed E-state index contributed by atoms with van der Waals surface area (Å²) < 4.78 is 15.3. The van der Waals surface area contributed by atoms with Gasteiger partial charge >= 0.3 is 0 Å². The number of rotatable bonds is 4. The molecular weight excluding hydrogens is 568 g/mol. The van der Waals surface area contributed by atoms with Crippen LogP contribution in [0.5, 0.6) is 11.5 Å². The van der Waals surface area contributed by atoms with E-state index in [4.69, 9.17) is 19.1 Å². The second-order valence-corrected chi connectivity index (χ2v) is 12.4. The van der Waals surface area contributed by atoms with E-state index in [1.54, 1.807) is 0 Å². The maximum absolute atomic E-state index is 6.59. The first-order valence-electron chi connectivity index (χ1n) is 15.5. The summed E-state index contributed by atoms with van der Waals surface area (Å²) in [6.45, 7) is 4.54. The Bertz CT molecular complexity index is 2460. The van der Waals surface area contributed by atoms with Crippen LogP contribution in [0.25, 0.3) is 44.4 Å². The Kier molecular flexibility index (Phi) is 5.66. The molecule has 0 saturated carbocycles. The molecule has 0 N–H and O–H groups in total. The summed E-state index contributed by atoms with van der Waals surface area (Å²) in [5.41, 5.74) is 8.88. The Balaban J connectivity index is 1.17. The van der Waals surface area contributed by atoms with Gasteiger partial charge in [0.05, 0.1) is 22.4 Å². The minimum absolute atomic E-state index is 0.359. The molecule has 1 aliphatic rings. The Morgan fingerprint density at radius 1 is 0.717 bits per heavy atom. The molecule has 46 heavy (non-hydrogen) atoms. The van der Waals surface area contributed by atoms with Crippen molar-refractivity contribution in [3.05, 3.63) is 139 Å². The number of benzene rings is 5. The highest BCUT2D eigenvalue weighted by atomic mass is 16.5. The predicted molar refractivity (Wildman–Crippen MR) is 185 cm³/mol. The number of imidazole rings is 1. The lowest BCUT2D eigenvalue weighted by molar-refractivity contribution is 0.482. The van der Waals surface area contributed by atoms with Crippen molar-refractivity contribution in [1.82, 2.24) is 14.5 Å². The number of para-hydroxylation sites is 3. The average molecular weight is 599 g/mol. The first kappa shape index (κ1) is 26.5. The zero-order valence-corrected chi connectivity index (χ0v) is 25.7. The van der Waals surface area contributed by atoms with Gasteiger partial charge in [-0.3, -0.25) is 4.90 Å². The van der Waals surface area contributed by atoms with E-state index >= 15 is 0 Å². The van der Waals surface area contributed by atoms with Crippen LogP contribution in [0.3, 0.4) is 0 Å². The summed E-state index contributed by atoms with van der Waals surface area (Å²) in [4.78, 5) is 11.9. The van der Waals surface area contributed by atoms with Crippen molar-refractivity contribution < 1.29 is 9.15 Å². The highest BCUT2D eigenvalue weighted by Gasteiger charge is 2.40. The Labute approximate surface area is 266 Å². The lowest BCUT2D eigenvalue weighted by Crippen LogP contribution is -2.31. The van der Waals surface area contributed by atoms with E-state index in [1.165, 1.54) is 5.56 Å². The number of pyridine rings is 1. The summed E-state index contributed by atoms with van der Waals surface area (Å²) in [7, 11) is 2.05. The quantitative estimate of drug-likeness (QED) is 0.202. The van der Waals surface area contributed by atoms with Crippen molar-refractivity contribution >= 4 is 50.2 Å². The van der Waals surface area contributed by atoms with E-state index in [0.717, 1.165) is 78.6 Å². The van der Waals surface area contributed by atoms with Gasteiger partial charge in [-0.15, -0.1) is 0 Å². The molecule has 0 atom stereocenters. The fourth-order valence-electron chi connectivity index (χ4n) is 7.09. The average Bonchev–Trinajstić information content (AvgIpc) is 3.62. The number of aryl methyl sites for hydroxylation is 1. The summed E-state index contributed by atoms with van der Waals surface area (Å²) in [5, 5.41) is 2.24. The van der Waals surface area contributed by atoms with Crippen LogP contribution in [0.4, 0.5) is 17.2 Å². The number of nitrogens with zero attached hydrogens (tertiary/aromatic N) is 4. The molecule has 222 valence electrons. The van der Waals surface area contributed by atoms with E-state index in [0.29, 0.717) is 0 Å². The summed E-state index contributed by atoms with van der Waals surface area (Å²) in [6, 6.07) is 41.3. The SMILES string of the molecule is Cn1c(-c2cccc(Oc3ccc4c(c3)N(c3ccccn3)c3ccc5c(oc6ccccc65)c3C4(C)C)c2)nc2ccccc21. The van der Waals surface area contributed by atoms with Crippen LogP contribution in [0.1, 0.15) is 25.0 Å². The van der Waals surface area contributed by atoms with Crippen molar-refractivity contribution in [3.63, 3.8) is 0 Å². The number of hydrogen-bond acceptors (Lipinski definition) is 5.